The van der Waals surface area contributed by atoms with E-state index in [2.05, 4.69) is 39.1 Å². The zero-order valence-electron chi connectivity index (χ0n) is 13.2. The van der Waals surface area contributed by atoms with E-state index in [9.17, 15) is 0 Å². The van der Waals surface area contributed by atoms with Crippen LogP contribution in [0.2, 0.25) is 0 Å². The highest BCUT2D eigenvalue weighted by Gasteiger charge is 2.23. The number of ether oxygens (including phenoxy) is 2. The van der Waals surface area contributed by atoms with Gasteiger partial charge in [-0.15, -0.1) is 0 Å². The fraction of sp³-hybridized carbons (Fsp3) is 0.625. The van der Waals surface area contributed by atoms with Crippen LogP contribution in [0.15, 0.2) is 12.1 Å². The van der Waals surface area contributed by atoms with E-state index >= 15 is 0 Å². The first-order valence-electron chi connectivity index (χ1n) is 6.86. The Bertz CT molecular complexity index is 415. The minimum absolute atomic E-state index is 0.319. The molecule has 1 N–H and O–H groups in total. The first-order valence-corrected chi connectivity index (χ1v) is 6.86. The molecule has 1 aromatic carbocycles. The molecule has 3 nitrogen and oxygen atoms in total. The van der Waals surface area contributed by atoms with E-state index in [4.69, 9.17) is 9.47 Å². The number of hydrogen-bond acceptors (Lipinski definition) is 3. The van der Waals surface area contributed by atoms with Gasteiger partial charge in [-0.25, -0.2) is 0 Å². The molecule has 0 amide bonds. The van der Waals surface area contributed by atoms with Crippen LogP contribution in [-0.2, 0) is 0 Å². The van der Waals surface area contributed by atoms with Crippen molar-refractivity contribution in [1.82, 2.24) is 5.32 Å². The molecule has 19 heavy (non-hydrogen) atoms. The van der Waals surface area contributed by atoms with Gasteiger partial charge in [-0.3, -0.25) is 0 Å². The van der Waals surface area contributed by atoms with Gasteiger partial charge in [0.15, 0.2) is 11.5 Å². The minimum atomic E-state index is 0.319. The van der Waals surface area contributed by atoms with Gasteiger partial charge in [0.2, 0.25) is 0 Å². The molecular weight excluding hydrogens is 238 g/mol. The predicted octanol–water partition coefficient (Wildman–Crippen LogP) is 3.56. The van der Waals surface area contributed by atoms with Crippen LogP contribution in [0.5, 0.6) is 11.5 Å². The SMILES string of the molecule is CNC(c1cc(OC)c(OC)cc1C)C(C)C(C)C. The Balaban J connectivity index is 3.24. The van der Waals surface area contributed by atoms with E-state index in [1.165, 1.54) is 11.1 Å². The van der Waals surface area contributed by atoms with Crippen molar-refractivity contribution in [3.63, 3.8) is 0 Å². The van der Waals surface area contributed by atoms with Crippen LogP contribution in [0, 0.1) is 18.8 Å². The van der Waals surface area contributed by atoms with Crippen LogP contribution < -0.4 is 14.8 Å². The summed E-state index contributed by atoms with van der Waals surface area (Å²) in [5.74, 6) is 2.74. The standard InChI is InChI=1S/C16H27NO2/c1-10(2)12(4)16(17-5)13-9-15(19-7)14(18-6)8-11(13)3/h8-10,12,16-17H,1-7H3. The van der Waals surface area contributed by atoms with Gasteiger partial charge in [0, 0.05) is 6.04 Å². The molecule has 0 aromatic heterocycles. The van der Waals surface area contributed by atoms with Gasteiger partial charge < -0.3 is 14.8 Å². The highest BCUT2D eigenvalue weighted by molar-refractivity contribution is 5.48. The lowest BCUT2D eigenvalue weighted by Crippen LogP contribution is -2.27. The van der Waals surface area contributed by atoms with Crippen LogP contribution in [-0.4, -0.2) is 21.3 Å². The molecule has 0 bridgehead atoms. The maximum absolute atomic E-state index is 5.41. The Hall–Kier alpha value is -1.22. The fourth-order valence-electron chi connectivity index (χ4n) is 2.42. The molecule has 2 unspecified atom stereocenters. The average Bonchev–Trinajstić information content (AvgIpc) is 2.40. The van der Waals surface area contributed by atoms with Crippen molar-refractivity contribution < 1.29 is 9.47 Å². The average molecular weight is 265 g/mol. The van der Waals surface area contributed by atoms with E-state index in [-0.39, 0.29) is 0 Å². The number of rotatable bonds is 6. The summed E-state index contributed by atoms with van der Waals surface area (Å²) >= 11 is 0. The van der Waals surface area contributed by atoms with E-state index in [1.807, 2.05) is 13.1 Å². The number of methoxy groups -OCH3 is 2. The zero-order chi connectivity index (χ0) is 14.6. The summed E-state index contributed by atoms with van der Waals surface area (Å²) in [5.41, 5.74) is 2.51. The third-order valence-electron chi connectivity index (χ3n) is 4.00. The highest BCUT2D eigenvalue weighted by Crippen LogP contribution is 2.36. The molecule has 0 aliphatic carbocycles. The lowest BCUT2D eigenvalue weighted by atomic mass is 9.84. The zero-order valence-corrected chi connectivity index (χ0v) is 13.2. The van der Waals surface area contributed by atoms with Crippen LogP contribution in [0.25, 0.3) is 0 Å². The number of nitrogens with one attached hydrogen (secondary N) is 1. The summed E-state index contributed by atoms with van der Waals surface area (Å²) in [6.45, 7) is 8.91. The Labute approximate surface area is 117 Å². The molecule has 0 spiro atoms. The topological polar surface area (TPSA) is 30.5 Å². The monoisotopic (exact) mass is 265 g/mol. The highest BCUT2D eigenvalue weighted by atomic mass is 16.5. The molecule has 1 aromatic rings. The van der Waals surface area contributed by atoms with Crippen molar-refractivity contribution in [1.29, 1.82) is 0 Å². The molecule has 0 aliphatic rings. The summed E-state index contributed by atoms with van der Waals surface area (Å²) in [4.78, 5) is 0. The molecule has 108 valence electrons. The van der Waals surface area contributed by atoms with Gasteiger partial charge in [-0.05, 0) is 49.1 Å². The Morgan fingerprint density at radius 2 is 1.53 bits per heavy atom. The molecule has 1 rings (SSSR count). The summed E-state index contributed by atoms with van der Waals surface area (Å²) in [7, 11) is 5.36. The molecule has 0 aliphatic heterocycles. The van der Waals surface area contributed by atoms with Crippen LogP contribution in [0.3, 0.4) is 0 Å². The van der Waals surface area contributed by atoms with Gasteiger partial charge in [-0.2, -0.15) is 0 Å². The number of benzene rings is 1. The van der Waals surface area contributed by atoms with E-state index in [0.717, 1.165) is 11.5 Å². The molecular formula is C16H27NO2. The Morgan fingerprint density at radius 1 is 1.00 bits per heavy atom. The van der Waals surface area contributed by atoms with Gasteiger partial charge in [0.05, 0.1) is 14.2 Å². The van der Waals surface area contributed by atoms with Crippen LogP contribution in [0.1, 0.15) is 37.9 Å². The summed E-state index contributed by atoms with van der Waals surface area (Å²) in [6, 6.07) is 4.46. The first-order chi connectivity index (χ1) is 8.96. The normalized spacial score (nSPS) is 14.3. The van der Waals surface area contributed by atoms with Crippen molar-refractivity contribution in [3.05, 3.63) is 23.3 Å². The Kier molecular flexibility index (Phi) is 5.67. The maximum Gasteiger partial charge on any atom is 0.161 e. The third kappa shape index (κ3) is 3.41. The fourth-order valence-corrected chi connectivity index (χ4v) is 2.42. The third-order valence-corrected chi connectivity index (χ3v) is 4.00. The summed E-state index contributed by atoms with van der Waals surface area (Å²) < 4.78 is 10.8. The largest absolute Gasteiger partial charge is 0.493 e. The maximum atomic E-state index is 5.41. The molecule has 0 saturated heterocycles. The van der Waals surface area contributed by atoms with E-state index in [0.29, 0.717) is 17.9 Å². The van der Waals surface area contributed by atoms with E-state index in [1.54, 1.807) is 14.2 Å². The van der Waals surface area contributed by atoms with Gasteiger partial charge in [0.1, 0.15) is 0 Å². The number of aryl methyl sites for hydroxylation is 1. The molecule has 0 saturated carbocycles. The van der Waals surface area contributed by atoms with Crippen molar-refractivity contribution in [2.24, 2.45) is 11.8 Å². The molecule has 2 atom stereocenters. The predicted molar refractivity (Wildman–Crippen MR) is 80.1 cm³/mol. The summed E-state index contributed by atoms with van der Waals surface area (Å²) in [6.07, 6.45) is 0. The second-order valence-corrected chi connectivity index (χ2v) is 5.43. The lowest BCUT2D eigenvalue weighted by Gasteiger charge is -2.29. The van der Waals surface area contributed by atoms with E-state index < -0.39 is 0 Å². The minimum Gasteiger partial charge on any atom is -0.493 e. The molecule has 0 heterocycles. The van der Waals surface area contributed by atoms with Crippen LogP contribution >= 0.6 is 0 Å². The number of hydrogen-bond donors (Lipinski definition) is 1. The first kappa shape index (κ1) is 15.8. The second kappa shape index (κ2) is 6.80. The quantitative estimate of drug-likeness (QED) is 0.853. The van der Waals surface area contributed by atoms with Gasteiger partial charge >= 0.3 is 0 Å². The van der Waals surface area contributed by atoms with Crippen LogP contribution in [0.4, 0.5) is 0 Å². The van der Waals surface area contributed by atoms with Crippen molar-refractivity contribution >= 4 is 0 Å². The van der Waals surface area contributed by atoms with Crippen molar-refractivity contribution in [2.75, 3.05) is 21.3 Å². The molecule has 3 heteroatoms. The van der Waals surface area contributed by atoms with Crippen molar-refractivity contribution in [2.45, 2.75) is 33.7 Å². The van der Waals surface area contributed by atoms with Crippen molar-refractivity contribution in [3.8, 4) is 11.5 Å². The lowest BCUT2D eigenvalue weighted by molar-refractivity contribution is 0.313. The summed E-state index contributed by atoms with van der Waals surface area (Å²) in [5, 5.41) is 3.43. The second-order valence-electron chi connectivity index (χ2n) is 5.43. The van der Waals surface area contributed by atoms with Gasteiger partial charge in [0.25, 0.3) is 0 Å². The Morgan fingerprint density at radius 3 is 1.95 bits per heavy atom. The smallest absolute Gasteiger partial charge is 0.161 e. The van der Waals surface area contributed by atoms with Gasteiger partial charge in [-0.1, -0.05) is 20.8 Å². The molecule has 0 fully saturated rings. The molecule has 0 radical (unpaired) electrons.